The Bertz CT molecular complexity index is 844. The minimum absolute atomic E-state index is 0.0539. The van der Waals surface area contributed by atoms with Crippen LogP contribution in [-0.4, -0.2) is 27.8 Å². The van der Waals surface area contributed by atoms with E-state index in [9.17, 15) is 15.0 Å². The molecule has 2 aromatic carbocycles. The van der Waals surface area contributed by atoms with Crippen LogP contribution in [0.5, 0.6) is 0 Å². The summed E-state index contributed by atoms with van der Waals surface area (Å²) >= 11 is 0. The third kappa shape index (κ3) is 3.07. The van der Waals surface area contributed by atoms with E-state index in [1.807, 2.05) is 48.5 Å². The number of carbonyl (C=O) groups is 1. The standard InChI is InChI=1S/C19H17NO3/c21-10-9-14-7-4-8-16-18(13-5-2-1-3-6-13)15(11-17(22)23)12-20-19(14)16/h1-8,12,21H,9-11H2,(H,22,23). The average molecular weight is 307 g/mol. The molecule has 0 saturated carbocycles. The second-order valence-corrected chi connectivity index (χ2v) is 5.38. The van der Waals surface area contributed by atoms with Gasteiger partial charge in [-0.2, -0.15) is 0 Å². The molecule has 3 aromatic rings. The fourth-order valence-corrected chi connectivity index (χ4v) is 2.89. The summed E-state index contributed by atoms with van der Waals surface area (Å²) in [5, 5.41) is 19.3. The molecular weight excluding hydrogens is 290 g/mol. The predicted molar refractivity (Wildman–Crippen MR) is 89.3 cm³/mol. The fraction of sp³-hybridized carbons (Fsp3) is 0.158. The number of hydrogen-bond donors (Lipinski definition) is 2. The number of para-hydroxylation sites is 1. The molecule has 0 saturated heterocycles. The second-order valence-electron chi connectivity index (χ2n) is 5.38. The van der Waals surface area contributed by atoms with E-state index < -0.39 is 5.97 Å². The van der Waals surface area contributed by atoms with Crippen molar-refractivity contribution in [2.24, 2.45) is 0 Å². The molecule has 0 bridgehead atoms. The van der Waals surface area contributed by atoms with Crippen LogP contribution in [0.25, 0.3) is 22.0 Å². The SMILES string of the molecule is O=C(O)Cc1cnc2c(CCO)cccc2c1-c1ccccc1. The summed E-state index contributed by atoms with van der Waals surface area (Å²) in [5.74, 6) is -0.880. The lowest BCUT2D eigenvalue weighted by Crippen LogP contribution is -2.04. The van der Waals surface area contributed by atoms with Crippen molar-refractivity contribution < 1.29 is 15.0 Å². The molecule has 0 fully saturated rings. The molecule has 0 radical (unpaired) electrons. The van der Waals surface area contributed by atoms with E-state index in [1.54, 1.807) is 6.20 Å². The highest BCUT2D eigenvalue weighted by atomic mass is 16.4. The van der Waals surface area contributed by atoms with E-state index in [4.69, 9.17) is 0 Å². The van der Waals surface area contributed by atoms with Crippen molar-refractivity contribution in [3.8, 4) is 11.1 Å². The third-order valence-corrected chi connectivity index (χ3v) is 3.84. The highest BCUT2D eigenvalue weighted by Gasteiger charge is 2.15. The first-order valence-corrected chi connectivity index (χ1v) is 7.48. The number of carboxylic acids is 1. The van der Waals surface area contributed by atoms with Crippen LogP contribution in [0.2, 0.25) is 0 Å². The first-order chi connectivity index (χ1) is 11.2. The molecule has 0 spiro atoms. The Balaban J connectivity index is 2.30. The van der Waals surface area contributed by atoms with Crippen molar-refractivity contribution in [1.29, 1.82) is 0 Å². The zero-order valence-electron chi connectivity index (χ0n) is 12.6. The van der Waals surface area contributed by atoms with Crippen molar-refractivity contribution >= 4 is 16.9 Å². The molecular formula is C19H17NO3. The molecule has 0 atom stereocenters. The topological polar surface area (TPSA) is 70.4 Å². The number of aliphatic hydroxyl groups excluding tert-OH is 1. The van der Waals surface area contributed by atoms with Gasteiger partial charge in [-0.15, -0.1) is 0 Å². The highest BCUT2D eigenvalue weighted by Crippen LogP contribution is 2.32. The number of rotatable bonds is 5. The van der Waals surface area contributed by atoms with Crippen LogP contribution in [0.3, 0.4) is 0 Å². The lowest BCUT2D eigenvalue weighted by atomic mass is 9.93. The van der Waals surface area contributed by atoms with Gasteiger partial charge in [0.25, 0.3) is 0 Å². The summed E-state index contributed by atoms with van der Waals surface area (Å²) in [6, 6.07) is 15.6. The highest BCUT2D eigenvalue weighted by molar-refractivity contribution is 5.98. The van der Waals surface area contributed by atoms with Crippen LogP contribution in [0, 0.1) is 0 Å². The van der Waals surface area contributed by atoms with Gasteiger partial charge in [0, 0.05) is 18.2 Å². The largest absolute Gasteiger partial charge is 0.481 e. The molecule has 23 heavy (non-hydrogen) atoms. The summed E-state index contributed by atoms with van der Waals surface area (Å²) in [6.07, 6.45) is 2.09. The Morgan fingerprint density at radius 2 is 1.78 bits per heavy atom. The van der Waals surface area contributed by atoms with Crippen LogP contribution in [0.1, 0.15) is 11.1 Å². The molecule has 0 amide bonds. The number of benzene rings is 2. The number of fused-ring (bicyclic) bond motifs is 1. The van der Waals surface area contributed by atoms with Crippen molar-refractivity contribution in [2.75, 3.05) is 6.61 Å². The van der Waals surface area contributed by atoms with Crippen LogP contribution >= 0.6 is 0 Å². The van der Waals surface area contributed by atoms with Gasteiger partial charge < -0.3 is 10.2 Å². The van der Waals surface area contributed by atoms with E-state index in [0.29, 0.717) is 12.0 Å². The monoisotopic (exact) mass is 307 g/mol. The number of nitrogens with zero attached hydrogens (tertiary/aromatic N) is 1. The van der Waals surface area contributed by atoms with Gasteiger partial charge in [-0.1, -0.05) is 48.5 Å². The van der Waals surface area contributed by atoms with Crippen molar-refractivity contribution in [2.45, 2.75) is 12.8 Å². The van der Waals surface area contributed by atoms with Crippen molar-refractivity contribution in [3.63, 3.8) is 0 Å². The van der Waals surface area contributed by atoms with Crippen LogP contribution in [0.4, 0.5) is 0 Å². The summed E-state index contributed by atoms with van der Waals surface area (Å²) in [4.78, 5) is 15.7. The first-order valence-electron chi connectivity index (χ1n) is 7.48. The molecule has 0 aliphatic heterocycles. The maximum absolute atomic E-state index is 11.2. The first kappa shape index (κ1) is 15.2. The molecule has 2 N–H and O–H groups in total. The smallest absolute Gasteiger partial charge is 0.307 e. The maximum atomic E-state index is 11.2. The Morgan fingerprint density at radius 1 is 1.00 bits per heavy atom. The number of aliphatic hydroxyl groups is 1. The van der Waals surface area contributed by atoms with Crippen LogP contribution in [0.15, 0.2) is 54.7 Å². The van der Waals surface area contributed by atoms with Gasteiger partial charge in [0.1, 0.15) is 0 Å². The minimum atomic E-state index is -0.880. The van der Waals surface area contributed by atoms with Crippen LogP contribution < -0.4 is 0 Å². The van der Waals surface area contributed by atoms with Gasteiger partial charge in [-0.25, -0.2) is 0 Å². The van der Waals surface area contributed by atoms with E-state index in [-0.39, 0.29) is 13.0 Å². The summed E-state index contributed by atoms with van der Waals surface area (Å²) in [6.45, 7) is 0.0539. The molecule has 0 aliphatic carbocycles. The summed E-state index contributed by atoms with van der Waals surface area (Å²) in [7, 11) is 0. The third-order valence-electron chi connectivity index (χ3n) is 3.84. The Labute approximate surface area is 134 Å². The predicted octanol–water partition coefficient (Wildman–Crippen LogP) is 3.06. The molecule has 4 nitrogen and oxygen atoms in total. The van der Waals surface area contributed by atoms with E-state index in [2.05, 4.69) is 4.98 Å². The average Bonchev–Trinajstić information content (AvgIpc) is 2.55. The number of carboxylic acid groups (broad SMARTS) is 1. The molecule has 116 valence electrons. The molecule has 0 unspecified atom stereocenters. The number of aromatic nitrogens is 1. The van der Waals surface area contributed by atoms with E-state index in [0.717, 1.165) is 27.6 Å². The van der Waals surface area contributed by atoms with Gasteiger partial charge in [-0.3, -0.25) is 9.78 Å². The van der Waals surface area contributed by atoms with Gasteiger partial charge >= 0.3 is 5.97 Å². The van der Waals surface area contributed by atoms with Gasteiger partial charge in [0.15, 0.2) is 0 Å². The zero-order valence-corrected chi connectivity index (χ0v) is 12.6. The lowest BCUT2D eigenvalue weighted by Gasteiger charge is -2.14. The molecule has 1 heterocycles. The van der Waals surface area contributed by atoms with Crippen molar-refractivity contribution in [1.82, 2.24) is 4.98 Å². The van der Waals surface area contributed by atoms with Gasteiger partial charge in [0.05, 0.1) is 11.9 Å². The van der Waals surface area contributed by atoms with Crippen LogP contribution in [-0.2, 0) is 17.6 Å². The fourth-order valence-electron chi connectivity index (χ4n) is 2.89. The summed E-state index contributed by atoms with van der Waals surface area (Å²) in [5.41, 5.74) is 4.34. The molecule has 0 aliphatic rings. The second kappa shape index (κ2) is 6.58. The lowest BCUT2D eigenvalue weighted by molar-refractivity contribution is -0.136. The maximum Gasteiger partial charge on any atom is 0.307 e. The van der Waals surface area contributed by atoms with Crippen molar-refractivity contribution in [3.05, 3.63) is 65.9 Å². The van der Waals surface area contributed by atoms with Gasteiger partial charge in [-0.05, 0) is 28.7 Å². The summed E-state index contributed by atoms with van der Waals surface area (Å²) < 4.78 is 0. The molecule has 1 aromatic heterocycles. The van der Waals surface area contributed by atoms with Gasteiger partial charge in [0.2, 0.25) is 0 Å². The quantitative estimate of drug-likeness (QED) is 0.760. The molecule has 3 rings (SSSR count). The van der Waals surface area contributed by atoms with E-state index >= 15 is 0 Å². The number of pyridine rings is 1. The minimum Gasteiger partial charge on any atom is -0.481 e. The Kier molecular flexibility index (Phi) is 4.35. The zero-order chi connectivity index (χ0) is 16.2. The number of aliphatic carboxylic acids is 1. The number of hydrogen-bond acceptors (Lipinski definition) is 3. The van der Waals surface area contributed by atoms with E-state index in [1.165, 1.54) is 0 Å². The molecule has 4 heteroatoms. The Morgan fingerprint density at radius 3 is 2.48 bits per heavy atom. The Hall–Kier alpha value is -2.72. The normalized spacial score (nSPS) is 10.8.